The third kappa shape index (κ3) is 1.67. The number of carbonyl (C=O) groups is 2. The summed E-state index contributed by atoms with van der Waals surface area (Å²) in [4.78, 5) is 24.1. The Morgan fingerprint density at radius 3 is 2.64 bits per heavy atom. The van der Waals surface area contributed by atoms with Crippen molar-refractivity contribution in [2.75, 3.05) is 5.32 Å². The first kappa shape index (κ1) is 13.2. The quantitative estimate of drug-likeness (QED) is 0.863. The maximum Gasteiger partial charge on any atom is 0.235 e. The molecule has 110 valence electrons. The molecular weight excluding hydrogens is 281 g/mol. The highest BCUT2D eigenvalue weighted by atomic mass is 19.1. The van der Waals surface area contributed by atoms with Crippen molar-refractivity contribution in [2.45, 2.75) is 24.7 Å². The summed E-state index contributed by atoms with van der Waals surface area (Å²) in [6.45, 7) is 1.52. The van der Waals surface area contributed by atoms with Crippen LogP contribution in [0.2, 0.25) is 0 Å². The Balaban J connectivity index is 1.79. The van der Waals surface area contributed by atoms with Crippen molar-refractivity contribution >= 4 is 17.4 Å². The van der Waals surface area contributed by atoms with Gasteiger partial charge in [0.25, 0.3) is 0 Å². The lowest BCUT2D eigenvalue weighted by Gasteiger charge is -2.09. The van der Waals surface area contributed by atoms with Crippen molar-refractivity contribution in [3.63, 3.8) is 0 Å². The van der Waals surface area contributed by atoms with Gasteiger partial charge in [-0.3, -0.25) is 9.59 Å². The second-order valence-electron chi connectivity index (χ2n) is 6.05. The second-order valence-corrected chi connectivity index (χ2v) is 6.05. The number of halogens is 1. The fraction of sp³-hybridized carbons (Fsp3) is 0.222. The molecule has 1 heterocycles. The summed E-state index contributed by atoms with van der Waals surface area (Å²) in [5.41, 5.74) is 2.63. The number of ketones is 1. The zero-order valence-corrected chi connectivity index (χ0v) is 12.0. The van der Waals surface area contributed by atoms with E-state index in [1.807, 2.05) is 6.07 Å². The molecule has 1 fully saturated rings. The van der Waals surface area contributed by atoms with Gasteiger partial charge in [0.15, 0.2) is 5.78 Å². The average Bonchev–Trinajstić information content (AvgIpc) is 3.18. The van der Waals surface area contributed by atoms with Gasteiger partial charge in [0.05, 0.1) is 5.41 Å². The number of nitrogens with one attached hydrogen (secondary N) is 1. The van der Waals surface area contributed by atoms with E-state index in [0.29, 0.717) is 12.0 Å². The fourth-order valence-electron chi connectivity index (χ4n) is 3.51. The number of fused-ring (bicyclic) bond motifs is 2. The number of hydrogen-bond acceptors (Lipinski definition) is 2. The SMILES string of the molecule is CC(=O)c1ccc2c(c1)[C@]1(C[C@H]1c1ccc(F)cc1)C(=O)N2. The number of anilines is 1. The molecular formula is C18H14FNO2. The minimum Gasteiger partial charge on any atom is -0.325 e. The lowest BCUT2D eigenvalue weighted by Crippen LogP contribution is -2.21. The van der Waals surface area contributed by atoms with Crippen LogP contribution in [0.25, 0.3) is 0 Å². The van der Waals surface area contributed by atoms with Crippen LogP contribution in [-0.2, 0) is 10.2 Å². The summed E-state index contributed by atoms with van der Waals surface area (Å²) in [5.74, 6) is -0.293. The largest absolute Gasteiger partial charge is 0.325 e. The summed E-state index contributed by atoms with van der Waals surface area (Å²) >= 11 is 0. The molecule has 2 aromatic rings. The predicted octanol–water partition coefficient (Wildman–Crippen LogP) is 3.41. The second kappa shape index (κ2) is 4.26. The van der Waals surface area contributed by atoms with E-state index in [1.54, 1.807) is 24.3 Å². The number of amides is 1. The number of rotatable bonds is 2. The zero-order valence-electron chi connectivity index (χ0n) is 12.0. The molecule has 2 atom stereocenters. The lowest BCUT2D eigenvalue weighted by molar-refractivity contribution is -0.118. The van der Waals surface area contributed by atoms with Crippen LogP contribution in [0.15, 0.2) is 42.5 Å². The Morgan fingerprint density at radius 2 is 1.95 bits per heavy atom. The fourth-order valence-corrected chi connectivity index (χ4v) is 3.51. The first-order chi connectivity index (χ1) is 10.5. The molecule has 1 aliphatic carbocycles. The summed E-state index contributed by atoms with van der Waals surface area (Å²) in [5, 5.41) is 2.90. The number of carbonyl (C=O) groups excluding carboxylic acids is 2. The van der Waals surface area contributed by atoms with Crippen molar-refractivity contribution in [1.29, 1.82) is 0 Å². The van der Waals surface area contributed by atoms with Gasteiger partial charge < -0.3 is 5.32 Å². The molecule has 1 N–H and O–H groups in total. The molecule has 0 bridgehead atoms. The molecule has 22 heavy (non-hydrogen) atoms. The van der Waals surface area contributed by atoms with Gasteiger partial charge in [0.2, 0.25) is 5.91 Å². The highest BCUT2D eigenvalue weighted by Gasteiger charge is 2.65. The molecule has 0 radical (unpaired) electrons. The van der Waals surface area contributed by atoms with Gasteiger partial charge in [0, 0.05) is 17.2 Å². The molecule has 0 unspecified atom stereocenters. The molecule has 0 aromatic heterocycles. The summed E-state index contributed by atoms with van der Waals surface area (Å²) in [6.07, 6.45) is 0.693. The van der Waals surface area contributed by atoms with Gasteiger partial charge in [-0.15, -0.1) is 0 Å². The Labute approximate surface area is 127 Å². The number of Topliss-reactive ketones (excluding diaryl/α,β-unsaturated/α-hetero) is 1. The van der Waals surface area contributed by atoms with Gasteiger partial charge in [0.1, 0.15) is 5.82 Å². The van der Waals surface area contributed by atoms with Crippen LogP contribution >= 0.6 is 0 Å². The van der Waals surface area contributed by atoms with Gasteiger partial charge in [-0.2, -0.15) is 0 Å². The molecule has 0 saturated heterocycles. The van der Waals surface area contributed by atoms with Crippen LogP contribution < -0.4 is 5.32 Å². The number of benzene rings is 2. The third-order valence-electron chi connectivity index (χ3n) is 4.79. The first-order valence-corrected chi connectivity index (χ1v) is 7.25. The Hall–Kier alpha value is -2.49. The molecule has 2 aliphatic rings. The minimum atomic E-state index is -0.599. The maximum absolute atomic E-state index is 13.1. The number of hydrogen-bond donors (Lipinski definition) is 1. The summed E-state index contributed by atoms with van der Waals surface area (Å²) in [6, 6.07) is 11.6. The predicted molar refractivity (Wildman–Crippen MR) is 80.5 cm³/mol. The van der Waals surface area contributed by atoms with E-state index < -0.39 is 5.41 Å². The van der Waals surface area contributed by atoms with Crippen molar-refractivity contribution < 1.29 is 14.0 Å². The summed E-state index contributed by atoms with van der Waals surface area (Å²) in [7, 11) is 0. The van der Waals surface area contributed by atoms with Crippen molar-refractivity contribution in [3.8, 4) is 0 Å². The van der Waals surface area contributed by atoms with Crippen LogP contribution in [0.3, 0.4) is 0 Å². The van der Waals surface area contributed by atoms with Crippen molar-refractivity contribution in [1.82, 2.24) is 0 Å². The van der Waals surface area contributed by atoms with Crippen LogP contribution in [0.1, 0.15) is 40.7 Å². The van der Waals surface area contributed by atoms with Gasteiger partial charge in [-0.25, -0.2) is 4.39 Å². The minimum absolute atomic E-state index is 0.0173. The topological polar surface area (TPSA) is 46.2 Å². The van der Waals surface area contributed by atoms with Crippen LogP contribution in [0.5, 0.6) is 0 Å². The normalized spacial score (nSPS) is 25.0. The Morgan fingerprint density at radius 1 is 1.23 bits per heavy atom. The molecule has 1 saturated carbocycles. The molecule has 1 spiro atoms. The van der Waals surface area contributed by atoms with E-state index in [2.05, 4.69) is 5.32 Å². The first-order valence-electron chi connectivity index (χ1n) is 7.25. The van der Waals surface area contributed by atoms with E-state index in [-0.39, 0.29) is 23.4 Å². The monoisotopic (exact) mass is 295 g/mol. The highest BCUT2D eigenvalue weighted by molar-refractivity contribution is 6.10. The molecule has 1 amide bonds. The van der Waals surface area contributed by atoms with Crippen molar-refractivity contribution in [3.05, 3.63) is 65.0 Å². The highest BCUT2D eigenvalue weighted by Crippen LogP contribution is 2.64. The standard InChI is InChI=1S/C18H14FNO2/c1-10(21)12-4-7-16-14(8-12)18(17(22)20-16)9-15(18)11-2-5-13(19)6-3-11/h2-8,15H,9H2,1H3,(H,20,22)/t15-,18-/m0/s1. The van der Waals surface area contributed by atoms with E-state index in [1.165, 1.54) is 19.1 Å². The summed E-state index contributed by atoms with van der Waals surface area (Å²) < 4.78 is 13.1. The van der Waals surface area contributed by atoms with Crippen molar-refractivity contribution in [2.24, 2.45) is 0 Å². The molecule has 4 rings (SSSR count). The van der Waals surface area contributed by atoms with Gasteiger partial charge >= 0.3 is 0 Å². The Kier molecular flexibility index (Phi) is 2.55. The average molecular weight is 295 g/mol. The molecule has 1 aliphatic heterocycles. The maximum atomic E-state index is 13.1. The van der Waals surface area contributed by atoms with E-state index in [4.69, 9.17) is 0 Å². The van der Waals surface area contributed by atoms with Crippen LogP contribution in [0.4, 0.5) is 10.1 Å². The van der Waals surface area contributed by atoms with Gasteiger partial charge in [-0.1, -0.05) is 12.1 Å². The Bertz CT molecular complexity index is 812. The van der Waals surface area contributed by atoms with Crippen LogP contribution in [0, 0.1) is 5.82 Å². The van der Waals surface area contributed by atoms with E-state index in [9.17, 15) is 14.0 Å². The van der Waals surface area contributed by atoms with E-state index >= 15 is 0 Å². The molecule has 4 heteroatoms. The molecule has 2 aromatic carbocycles. The van der Waals surface area contributed by atoms with Crippen LogP contribution in [-0.4, -0.2) is 11.7 Å². The molecule has 3 nitrogen and oxygen atoms in total. The van der Waals surface area contributed by atoms with Gasteiger partial charge in [-0.05, 0) is 54.8 Å². The third-order valence-corrected chi connectivity index (χ3v) is 4.79. The van der Waals surface area contributed by atoms with E-state index in [0.717, 1.165) is 16.8 Å². The smallest absolute Gasteiger partial charge is 0.235 e. The lowest BCUT2D eigenvalue weighted by atomic mass is 9.90. The zero-order chi connectivity index (χ0) is 15.5.